The van der Waals surface area contributed by atoms with E-state index >= 15 is 0 Å². The Morgan fingerprint density at radius 3 is 2.23 bits per heavy atom. The molecule has 0 unspecified atom stereocenters. The van der Waals surface area contributed by atoms with Crippen LogP contribution in [0.5, 0.6) is 5.75 Å². The van der Waals surface area contributed by atoms with Gasteiger partial charge in [0.25, 0.3) is 10.1 Å². The van der Waals surface area contributed by atoms with E-state index in [4.69, 9.17) is 9.66 Å². The molecule has 0 saturated heterocycles. The first-order valence-electron chi connectivity index (χ1n) is 3.19. The molecule has 0 radical (unpaired) electrons. The molecule has 0 heterocycles. The molecule has 4 nitrogen and oxygen atoms in total. The standard InChI is InChI=1S/C7H8O4S.K.H/c1-5-6(8)3-2-4-7(5)12(9,10)11;;/h2-4,8H,1H3,(H,9,10,11);;. The number of rotatable bonds is 1. The van der Waals surface area contributed by atoms with Gasteiger partial charge in [0.15, 0.2) is 0 Å². The maximum atomic E-state index is 10.7. The van der Waals surface area contributed by atoms with Gasteiger partial charge in [-0.2, -0.15) is 8.42 Å². The van der Waals surface area contributed by atoms with E-state index in [9.17, 15) is 8.42 Å². The molecule has 1 aromatic rings. The van der Waals surface area contributed by atoms with Gasteiger partial charge < -0.3 is 5.11 Å². The normalized spacial score (nSPS) is 10.6. The molecule has 6 heteroatoms. The Labute approximate surface area is 119 Å². The van der Waals surface area contributed by atoms with Gasteiger partial charge >= 0.3 is 51.4 Å². The predicted molar refractivity (Wildman–Crippen MR) is 49.8 cm³/mol. The molecular formula is C7H9KO4S. The summed E-state index contributed by atoms with van der Waals surface area (Å²) in [6.45, 7) is 1.42. The van der Waals surface area contributed by atoms with Crippen molar-refractivity contribution in [1.82, 2.24) is 0 Å². The van der Waals surface area contributed by atoms with E-state index in [2.05, 4.69) is 0 Å². The van der Waals surface area contributed by atoms with Crippen molar-refractivity contribution in [3.05, 3.63) is 23.8 Å². The van der Waals surface area contributed by atoms with E-state index in [1.165, 1.54) is 25.1 Å². The third-order valence-corrected chi connectivity index (χ3v) is 2.53. The molecular weight excluding hydrogens is 219 g/mol. The van der Waals surface area contributed by atoms with Gasteiger partial charge in [0, 0.05) is 5.56 Å². The van der Waals surface area contributed by atoms with Gasteiger partial charge in [-0.25, -0.2) is 0 Å². The molecule has 1 aromatic carbocycles. The van der Waals surface area contributed by atoms with Crippen LogP contribution in [0.25, 0.3) is 0 Å². The topological polar surface area (TPSA) is 74.6 Å². The SMILES string of the molecule is Cc1c(O)cccc1S(=O)(=O)O.[KH]. The van der Waals surface area contributed by atoms with Crippen LogP contribution in [0.4, 0.5) is 0 Å². The van der Waals surface area contributed by atoms with Gasteiger partial charge in [-0.05, 0) is 19.1 Å². The molecule has 0 saturated carbocycles. The molecule has 0 bridgehead atoms. The second-order valence-electron chi connectivity index (χ2n) is 2.38. The van der Waals surface area contributed by atoms with Crippen LogP contribution in [0, 0.1) is 6.92 Å². The van der Waals surface area contributed by atoms with E-state index in [-0.39, 0.29) is 67.6 Å². The summed E-state index contributed by atoms with van der Waals surface area (Å²) in [7, 11) is -4.22. The zero-order valence-corrected chi connectivity index (χ0v) is 7.17. The molecule has 68 valence electrons. The van der Waals surface area contributed by atoms with E-state index < -0.39 is 10.1 Å². The minimum absolute atomic E-state index is 0. The molecule has 0 fully saturated rings. The molecule has 0 atom stereocenters. The zero-order valence-electron chi connectivity index (χ0n) is 6.35. The Balaban J connectivity index is 0.00000144. The monoisotopic (exact) mass is 228 g/mol. The molecule has 0 aliphatic carbocycles. The van der Waals surface area contributed by atoms with E-state index in [0.717, 1.165) is 0 Å². The summed E-state index contributed by atoms with van der Waals surface area (Å²) in [5, 5.41) is 9.09. The first kappa shape index (κ1) is 13.6. The molecule has 1 rings (SSSR count). The van der Waals surface area contributed by atoms with E-state index in [1.807, 2.05) is 0 Å². The van der Waals surface area contributed by atoms with Crippen LogP contribution in [-0.2, 0) is 10.1 Å². The van der Waals surface area contributed by atoms with Gasteiger partial charge in [0.1, 0.15) is 10.6 Å². The minimum atomic E-state index is -4.22. The number of aromatic hydroxyl groups is 1. The van der Waals surface area contributed by atoms with Crippen LogP contribution in [0.15, 0.2) is 23.1 Å². The average Bonchev–Trinajstić information content (AvgIpc) is 1.92. The Morgan fingerprint density at radius 2 is 1.85 bits per heavy atom. The summed E-state index contributed by atoms with van der Waals surface area (Å²) in [6, 6.07) is 3.93. The van der Waals surface area contributed by atoms with E-state index in [1.54, 1.807) is 0 Å². The van der Waals surface area contributed by atoms with Gasteiger partial charge in [0.2, 0.25) is 0 Å². The Hall–Kier alpha value is 0.566. The van der Waals surface area contributed by atoms with Gasteiger partial charge in [-0.1, -0.05) is 6.07 Å². The maximum absolute atomic E-state index is 10.7. The van der Waals surface area contributed by atoms with Crippen molar-refractivity contribution < 1.29 is 18.1 Å². The molecule has 0 aliphatic heterocycles. The van der Waals surface area contributed by atoms with Crippen molar-refractivity contribution in [3.8, 4) is 5.75 Å². The van der Waals surface area contributed by atoms with Crippen LogP contribution in [0.1, 0.15) is 5.56 Å². The van der Waals surface area contributed by atoms with Crippen molar-refractivity contribution in [2.75, 3.05) is 0 Å². The number of benzene rings is 1. The van der Waals surface area contributed by atoms with Gasteiger partial charge in [0.05, 0.1) is 0 Å². The fraction of sp³-hybridized carbons (Fsp3) is 0.143. The molecule has 0 amide bonds. The summed E-state index contributed by atoms with van der Waals surface area (Å²) in [5.41, 5.74) is 0.153. The van der Waals surface area contributed by atoms with Crippen LogP contribution < -0.4 is 0 Å². The van der Waals surface area contributed by atoms with Crippen molar-refractivity contribution in [3.63, 3.8) is 0 Å². The Morgan fingerprint density at radius 1 is 1.31 bits per heavy atom. The molecule has 0 aromatic heterocycles. The summed E-state index contributed by atoms with van der Waals surface area (Å²) >= 11 is 0. The quantitative estimate of drug-likeness (QED) is 0.535. The molecule has 2 N–H and O–H groups in total. The van der Waals surface area contributed by atoms with Gasteiger partial charge in [-0.3, -0.25) is 4.55 Å². The van der Waals surface area contributed by atoms with E-state index in [0.29, 0.717) is 0 Å². The fourth-order valence-corrected chi connectivity index (χ4v) is 1.62. The average molecular weight is 228 g/mol. The molecule has 13 heavy (non-hydrogen) atoms. The summed E-state index contributed by atoms with van der Waals surface area (Å²) in [4.78, 5) is -0.262. The number of phenolic OH excluding ortho intramolecular Hbond substituents is 1. The van der Waals surface area contributed by atoms with Crippen LogP contribution in [-0.4, -0.2) is 69.5 Å². The first-order valence-corrected chi connectivity index (χ1v) is 4.63. The number of phenols is 1. The van der Waals surface area contributed by atoms with Gasteiger partial charge in [-0.15, -0.1) is 0 Å². The molecule has 0 aliphatic rings. The predicted octanol–water partition coefficient (Wildman–Crippen LogP) is 0.299. The van der Waals surface area contributed by atoms with Crippen LogP contribution in [0.2, 0.25) is 0 Å². The van der Waals surface area contributed by atoms with Crippen molar-refractivity contribution in [1.29, 1.82) is 0 Å². The second kappa shape index (κ2) is 4.88. The Bertz CT molecular complexity index is 399. The van der Waals surface area contributed by atoms with Crippen molar-refractivity contribution in [2.24, 2.45) is 0 Å². The third kappa shape index (κ3) is 3.32. The van der Waals surface area contributed by atoms with Crippen LogP contribution >= 0.6 is 0 Å². The summed E-state index contributed by atoms with van der Waals surface area (Å²) < 4.78 is 30.0. The second-order valence-corrected chi connectivity index (χ2v) is 3.77. The summed E-state index contributed by atoms with van der Waals surface area (Å²) in [5.74, 6) is -0.148. The fourth-order valence-electron chi connectivity index (χ4n) is 0.882. The number of hydrogen-bond donors (Lipinski definition) is 2. The van der Waals surface area contributed by atoms with Crippen molar-refractivity contribution in [2.45, 2.75) is 11.8 Å². The van der Waals surface area contributed by atoms with Crippen LogP contribution in [0.3, 0.4) is 0 Å². The summed E-state index contributed by atoms with van der Waals surface area (Å²) in [6.07, 6.45) is 0. The number of hydrogen-bond acceptors (Lipinski definition) is 3. The third-order valence-electron chi connectivity index (χ3n) is 1.53. The first-order chi connectivity index (χ1) is 5.43. The molecule has 0 spiro atoms. The zero-order chi connectivity index (χ0) is 9.35. The Kier molecular flexibility index (Phi) is 5.09. The van der Waals surface area contributed by atoms with Crippen molar-refractivity contribution >= 4 is 61.5 Å².